The van der Waals surface area contributed by atoms with E-state index in [0.29, 0.717) is 28.4 Å². The van der Waals surface area contributed by atoms with Crippen LogP contribution in [0, 0.1) is 0 Å². The molecule has 3 aromatic carbocycles. The first-order chi connectivity index (χ1) is 18.9. The second kappa shape index (κ2) is 12.8. The van der Waals surface area contributed by atoms with Gasteiger partial charge in [-0.2, -0.15) is 0 Å². The lowest BCUT2D eigenvalue weighted by Gasteiger charge is -2.13. The molecule has 0 unspecified atom stereocenters. The SMILES string of the molecule is CCc1ccc(NC(=O)CN2C(=O)S/C(=C\c3ccc(OCC(=O)Nc4ccccc4)c(OC)c3)C2=O)cc1. The van der Waals surface area contributed by atoms with E-state index in [-0.39, 0.29) is 17.4 Å². The number of nitrogens with one attached hydrogen (secondary N) is 2. The summed E-state index contributed by atoms with van der Waals surface area (Å²) in [5, 5.41) is 4.91. The zero-order valence-corrected chi connectivity index (χ0v) is 22.2. The molecule has 10 heteroatoms. The smallest absolute Gasteiger partial charge is 0.294 e. The van der Waals surface area contributed by atoms with Crippen LogP contribution in [0.5, 0.6) is 11.5 Å². The molecule has 4 rings (SSSR count). The maximum absolute atomic E-state index is 12.9. The third kappa shape index (κ3) is 7.26. The Bertz CT molecular complexity index is 1410. The molecular formula is C29H27N3O6S. The van der Waals surface area contributed by atoms with Crippen molar-refractivity contribution in [1.29, 1.82) is 0 Å². The van der Waals surface area contributed by atoms with Gasteiger partial charge in [0.15, 0.2) is 18.1 Å². The zero-order chi connectivity index (χ0) is 27.8. The van der Waals surface area contributed by atoms with Crippen molar-refractivity contribution >= 4 is 52.2 Å². The molecule has 1 aliphatic rings. The van der Waals surface area contributed by atoms with Gasteiger partial charge in [-0.25, -0.2) is 0 Å². The van der Waals surface area contributed by atoms with Gasteiger partial charge >= 0.3 is 0 Å². The first-order valence-electron chi connectivity index (χ1n) is 12.2. The predicted molar refractivity (Wildman–Crippen MR) is 151 cm³/mol. The molecule has 39 heavy (non-hydrogen) atoms. The number of benzene rings is 3. The molecule has 4 amide bonds. The number of ether oxygens (including phenoxy) is 2. The fourth-order valence-corrected chi connectivity index (χ4v) is 4.55. The average Bonchev–Trinajstić information content (AvgIpc) is 3.20. The summed E-state index contributed by atoms with van der Waals surface area (Å²) >= 11 is 0.756. The highest BCUT2D eigenvalue weighted by Gasteiger charge is 2.36. The summed E-state index contributed by atoms with van der Waals surface area (Å²) in [5.41, 5.74) is 2.96. The van der Waals surface area contributed by atoms with Crippen molar-refractivity contribution in [2.45, 2.75) is 13.3 Å². The fraction of sp³-hybridized carbons (Fsp3) is 0.172. The fourth-order valence-electron chi connectivity index (χ4n) is 3.71. The van der Waals surface area contributed by atoms with E-state index in [4.69, 9.17) is 9.47 Å². The molecule has 1 saturated heterocycles. The van der Waals surface area contributed by atoms with Crippen LogP contribution in [0.3, 0.4) is 0 Å². The molecule has 0 spiro atoms. The van der Waals surface area contributed by atoms with E-state index in [2.05, 4.69) is 10.6 Å². The molecule has 0 atom stereocenters. The van der Waals surface area contributed by atoms with Crippen molar-refractivity contribution in [2.75, 3.05) is 30.9 Å². The van der Waals surface area contributed by atoms with E-state index in [1.165, 1.54) is 7.11 Å². The number of amides is 4. The number of para-hydroxylation sites is 1. The monoisotopic (exact) mass is 545 g/mol. The van der Waals surface area contributed by atoms with Gasteiger partial charge in [-0.1, -0.05) is 43.3 Å². The van der Waals surface area contributed by atoms with Crippen LogP contribution in [-0.4, -0.2) is 48.1 Å². The van der Waals surface area contributed by atoms with Crippen LogP contribution in [0.2, 0.25) is 0 Å². The highest BCUT2D eigenvalue weighted by molar-refractivity contribution is 8.18. The van der Waals surface area contributed by atoms with E-state index in [0.717, 1.165) is 28.6 Å². The minimum atomic E-state index is -0.557. The Labute approximate surface area is 230 Å². The maximum Gasteiger partial charge on any atom is 0.294 e. The quantitative estimate of drug-likeness (QED) is 0.347. The van der Waals surface area contributed by atoms with Gasteiger partial charge in [0, 0.05) is 11.4 Å². The van der Waals surface area contributed by atoms with E-state index in [9.17, 15) is 19.2 Å². The Morgan fingerprint density at radius 2 is 1.59 bits per heavy atom. The molecule has 0 bridgehead atoms. The number of carbonyl (C=O) groups is 4. The largest absolute Gasteiger partial charge is 0.493 e. The van der Waals surface area contributed by atoms with Crippen molar-refractivity contribution in [3.8, 4) is 11.5 Å². The van der Waals surface area contributed by atoms with E-state index in [1.807, 2.05) is 37.3 Å². The third-order valence-electron chi connectivity index (χ3n) is 5.72. The van der Waals surface area contributed by atoms with Crippen LogP contribution in [-0.2, 0) is 20.8 Å². The van der Waals surface area contributed by atoms with Crippen molar-refractivity contribution in [1.82, 2.24) is 4.90 Å². The first-order valence-corrected chi connectivity index (χ1v) is 13.0. The first kappa shape index (κ1) is 27.5. The number of rotatable bonds is 10. The van der Waals surface area contributed by atoms with Crippen LogP contribution < -0.4 is 20.1 Å². The van der Waals surface area contributed by atoms with Gasteiger partial charge in [0.05, 0.1) is 12.0 Å². The van der Waals surface area contributed by atoms with E-state index >= 15 is 0 Å². The lowest BCUT2D eigenvalue weighted by atomic mass is 10.1. The molecule has 1 aliphatic heterocycles. The van der Waals surface area contributed by atoms with Crippen LogP contribution in [0.25, 0.3) is 6.08 Å². The Kier molecular flexibility index (Phi) is 9.01. The molecular weight excluding hydrogens is 518 g/mol. The summed E-state index contributed by atoms with van der Waals surface area (Å²) in [6, 6.07) is 21.3. The molecule has 1 fully saturated rings. The highest BCUT2D eigenvalue weighted by atomic mass is 32.2. The minimum absolute atomic E-state index is 0.179. The van der Waals surface area contributed by atoms with Gasteiger partial charge in [0.25, 0.3) is 17.1 Å². The lowest BCUT2D eigenvalue weighted by molar-refractivity contribution is -0.127. The molecule has 0 saturated carbocycles. The second-order valence-electron chi connectivity index (χ2n) is 8.48. The normalized spacial score (nSPS) is 13.9. The summed E-state index contributed by atoms with van der Waals surface area (Å²) in [5.74, 6) is -0.665. The van der Waals surface area contributed by atoms with Gasteiger partial charge in [-0.05, 0) is 71.8 Å². The van der Waals surface area contributed by atoms with Crippen LogP contribution in [0.4, 0.5) is 16.2 Å². The molecule has 0 aromatic heterocycles. The van der Waals surface area contributed by atoms with E-state index in [1.54, 1.807) is 48.5 Å². The standard InChI is InChI=1S/C29H27N3O6S/c1-3-19-9-12-22(13-10-19)30-26(33)17-32-28(35)25(39-29(32)36)16-20-11-14-23(24(15-20)37-2)38-18-27(34)31-21-7-5-4-6-8-21/h4-16H,3,17-18H2,1-2H3,(H,30,33)(H,31,34)/b25-16-. The Morgan fingerprint density at radius 3 is 2.28 bits per heavy atom. The number of hydrogen-bond donors (Lipinski definition) is 2. The number of nitrogens with zero attached hydrogens (tertiary/aromatic N) is 1. The van der Waals surface area contributed by atoms with Gasteiger partial charge in [-0.3, -0.25) is 24.1 Å². The van der Waals surface area contributed by atoms with E-state index < -0.39 is 23.6 Å². The second-order valence-corrected chi connectivity index (χ2v) is 9.47. The zero-order valence-electron chi connectivity index (χ0n) is 21.4. The summed E-state index contributed by atoms with van der Waals surface area (Å²) in [6.45, 7) is 1.42. The van der Waals surface area contributed by atoms with Gasteiger partial charge < -0.3 is 20.1 Å². The molecule has 3 aromatic rings. The summed E-state index contributed by atoms with van der Waals surface area (Å²) < 4.78 is 11.0. The number of hydrogen-bond acceptors (Lipinski definition) is 7. The third-order valence-corrected chi connectivity index (χ3v) is 6.63. The van der Waals surface area contributed by atoms with Crippen LogP contribution in [0.1, 0.15) is 18.1 Å². The molecule has 0 aliphatic carbocycles. The Morgan fingerprint density at radius 1 is 0.897 bits per heavy atom. The Hall–Kier alpha value is -4.57. The number of aryl methyl sites for hydroxylation is 1. The molecule has 2 N–H and O–H groups in total. The minimum Gasteiger partial charge on any atom is -0.493 e. The maximum atomic E-state index is 12.9. The van der Waals surface area contributed by atoms with Crippen molar-refractivity contribution in [3.63, 3.8) is 0 Å². The van der Waals surface area contributed by atoms with Crippen molar-refractivity contribution in [2.24, 2.45) is 0 Å². The summed E-state index contributed by atoms with van der Waals surface area (Å²) in [4.78, 5) is 51.1. The van der Waals surface area contributed by atoms with Crippen molar-refractivity contribution < 1.29 is 28.7 Å². The molecule has 1 heterocycles. The summed E-state index contributed by atoms with van der Waals surface area (Å²) in [6.07, 6.45) is 2.42. The number of methoxy groups -OCH3 is 1. The lowest BCUT2D eigenvalue weighted by Crippen LogP contribution is -2.36. The number of anilines is 2. The molecule has 0 radical (unpaired) electrons. The average molecular weight is 546 g/mol. The highest BCUT2D eigenvalue weighted by Crippen LogP contribution is 2.34. The van der Waals surface area contributed by atoms with Gasteiger partial charge in [0.1, 0.15) is 6.54 Å². The topological polar surface area (TPSA) is 114 Å². The summed E-state index contributed by atoms with van der Waals surface area (Å²) in [7, 11) is 1.46. The number of carbonyl (C=O) groups excluding carboxylic acids is 4. The number of thioether (sulfide) groups is 1. The van der Waals surface area contributed by atoms with Gasteiger partial charge in [-0.15, -0.1) is 0 Å². The molecule has 200 valence electrons. The van der Waals surface area contributed by atoms with Gasteiger partial charge in [0.2, 0.25) is 5.91 Å². The Balaban J connectivity index is 1.37. The van der Waals surface area contributed by atoms with Crippen LogP contribution >= 0.6 is 11.8 Å². The number of imide groups is 1. The predicted octanol–water partition coefficient (Wildman–Crippen LogP) is 4.95. The van der Waals surface area contributed by atoms with Crippen molar-refractivity contribution in [3.05, 3.63) is 88.8 Å². The molecule has 9 nitrogen and oxygen atoms in total. The van der Waals surface area contributed by atoms with Crippen LogP contribution in [0.15, 0.2) is 77.7 Å².